The minimum atomic E-state index is -0.210. The summed E-state index contributed by atoms with van der Waals surface area (Å²) in [5.74, 6) is 0.689. The lowest BCUT2D eigenvalue weighted by atomic mass is 9.87. The number of nitrogens with zero attached hydrogens (tertiary/aromatic N) is 4. The van der Waals surface area contributed by atoms with Gasteiger partial charge in [-0.25, -0.2) is 5.43 Å². The third kappa shape index (κ3) is 6.29. The molecule has 0 aliphatic rings. The van der Waals surface area contributed by atoms with Gasteiger partial charge in [0, 0.05) is 11.3 Å². The molecule has 0 unspecified atom stereocenters. The molecule has 6 nitrogen and oxygen atoms in total. The fourth-order valence-electron chi connectivity index (χ4n) is 3.59. The van der Waals surface area contributed by atoms with Crippen molar-refractivity contribution >= 4 is 23.9 Å². The lowest BCUT2D eigenvalue weighted by Crippen LogP contribution is -2.20. The van der Waals surface area contributed by atoms with Crippen LogP contribution in [-0.4, -0.2) is 32.6 Å². The second kappa shape index (κ2) is 10.9. The fourth-order valence-corrected chi connectivity index (χ4v) is 4.33. The monoisotopic (exact) mass is 497 g/mol. The van der Waals surface area contributed by atoms with E-state index in [0.29, 0.717) is 5.16 Å². The molecule has 0 radical (unpaired) electrons. The van der Waals surface area contributed by atoms with Gasteiger partial charge in [-0.2, -0.15) is 5.10 Å². The molecule has 0 aliphatic heterocycles. The Labute approximate surface area is 216 Å². The minimum absolute atomic E-state index is 0.0968. The van der Waals surface area contributed by atoms with E-state index in [1.807, 2.05) is 41.0 Å². The maximum atomic E-state index is 12.5. The summed E-state index contributed by atoms with van der Waals surface area (Å²) >= 11 is 1.33. The first-order valence-corrected chi connectivity index (χ1v) is 12.8. The van der Waals surface area contributed by atoms with Crippen molar-refractivity contribution in [3.05, 3.63) is 95.1 Å². The van der Waals surface area contributed by atoms with Crippen LogP contribution in [0.3, 0.4) is 0 Å². The largest absolute Gasteiger partial charge is 0.272 e. The molecular weight excluding hydrogens is 466 g/mol. The first-order valence-electron chi connectivity index (χ1n) is 11.9. The third-order valence-electron chi connectivity index (χ3n) is 5.75. The number of hydrazone groups is 1. The van der Waals surface area contributed by atoms with Gasteiger partial charge >= 0.3 is 0 Å². The van der Waals surface area contributed by atoms with Gasteiger partial charge in [-0.05, 0) is 42.5 Å². The molecule has 3 aromatic carbocycles. The van der Waals surface area contributed by atoms with Gasteiger partial charge in [-0.3, -0.25) is 9.36 Å². The highest BCUT2D eigenvalue weighted by Crippen LogP contribution is 2.28. The van der Waals surface area contributed by atoms with Crippen LogP contribution in [0.4, 0.5) is 0 Å². The number of nitrogens with one attached hydrogen (secondary N) is 1. The van der Waals surface area contributed by atoms with E-state index in [9.17, 15) is 4.79 Å². The van der Waals surface area contributed by atoms with Gasteiger partial charge in [0.1, 0.15) is 0 Å². The summed E-state index contributed by atoms with van der Waals surface area (Å²) in [5, 5.41) is 13.6. The fraction of sp³-hybridized carbons (Fsp3) is 0.241. The maximum absolute atomic E-state index is 12.5. The summed E-state index contributed by atoms with van der Waals surface area (Å²) in [6, 6.07) is 24.5. The number of hydrogen-bond acceptors (Lipinski definition) is 5. The van der Waals surface area contributed by atoms with Gasteiger partial charge < -0.3 is 0 Å². The molecule has 1 heterocycles. The zero-order chi connectivity index (χ0) is 25.7. The molecule has 1 N–H and O–H groups in total. The van der Waals surface area contributed by atoms with E-state index < -0.39 is 0 Å². The van der Waals surface area contributed by atoms with Crippen LogP contribution in [0.1, 0.15) is 43.0 Å². The Kier molecular flexibility index (Phi) is 7.70. The average molecular weight is 498 g/mol. The van der Waals surface area contributed by atoms with E-state index in [-0.39, 0.29) is 17.1 Å². The molecule has 0 fully saturated rings. The van der Waals surface area contributed by atoms with Crippen LogP contribution in [0.25, 0.3) is 17.1 Å². The molecule has 4 rings (SSSR count). The SMILES string of the molecule is Cc1ccc(-c2nnc(SCC(=O)N/N=C\c3ccc(C(C)(C)C)cc3)n2-c2ccc(C)cc2)cc1. The Balaban J connectivity index is 1.46. The van der Waals surface area contributed by atoms with Crippen LogP contribution in [0, 0.1) is 13.8 Å². The molecule has 184 valence electrons. The highest BCUT2D eigenvalue weighted by Gasteiger charge is 2.17. The summed E-state index contributed by atoms with van der Waals surface area (Å²) in [7, 11) is 0. The van der Waals surface area contributed by atoms with Crippen molar-refractivity contribution in [2.24, 2.45) is 5.10 Å². The van der Waals surface area contributed by atoms with Crippen molar-refractivity contribution in [2.75, 3.05) is 5.75 Å². The lowest BCUT2D eigenvalue weighted by molar-refractivity contribution is -0.118. The lowest BCUT2D eigenvalue weighted by Gasteiger charge is -2.18. The van der Waals surface area contributed by atoms with E-state index >= 15 is 0 Å². The number of rotatable bonds is 7. The standard InChI is InChI=1S/C29H31N5OS/c1-20-6-12-23(13-7-20)27-32-33-28(34(27)25-16-8-21(2)9-17-25)36-19-26(35)31-30-18-22-10-14-24(15-11-22)29(3,4)5/h6-18H,19H2,1-5H3,(H,31,35)/b30-18-. The smallest absolute Gasteiger partial charge is 0.250 e. The Morgan fingerprint density at radius 3 is 2.14 bits per heavy atom. The van der Waals surface area contributed by atoms with E-state index in [0.717, 1.165) is 22.6 Å². The topological polar surface area (TPSA) is 72.2 Å². The quantitative estimate of drug-likeness (QED) is 0.190. The number of carbonyl (C=O) groups is 1. The average Bonchev–Trinajstić information content (AvgIpc) is 3.27. The van der Waals surface area contributed by atoms with Crippen LogP contribution >= 0.6 is 11.8 Å². The summed E-state index contributed by atoms with van der Waals surface area (Å²) in [4.78, 5) is 12.5. The van der Waals surface area contributed by atoms with Gasteiger partial charge in [0.05, 0.1) is 12.0 Å². The Morgan fingerprint density at radius 2 is 1.53 bits per heavy atom. The number of carbonyl (C=O) groups excluding carboxylic acids is 1. The number of amides is 1. The number of benzene rings is 3. The van der Waals surface area contributed by atoms with Gasteiger partial charge in [0.25, 0.3) is 5.91 Å². The second-order valence-electron chi connectivity index (χ2n) is 9.80. The first kappa shape index (κ1) is 25.4. The predicted molar refractivity (Wildman–Crippen MR) is 148 cm³/mol. The molecule has 0 spiro atoms. The molecule has 0 aliphatic carbocycles. The summed E-state index contributed by atoms with van der Waals surface area (Å²) in [6.07, 6.45) is 1.65. The molecule has 4 aromatic rings. The van der Waals surface area contributed by atoms with Gasteiger partial charge in [0.15, 0.2) is 11.0 Å². The number of aryl methyl sites for hydroxylation is 2. The Morgan fingerprint density at radius 1 is 0.917 bits per heavy atom. The van der Waals surface area contributed by atoms with Crippen molar-refractivity contribution in [3.63, 3.8) is 0 Å². The van der Waals surface area contributed by atoms with Crippen LogP contribution in [0.2, 0.25) is 0 Å². The third-order valence-corrected chi connectivity index (χ3v) is 6.68. The highest BCUT2D eigenvalue weighted by atomic mass is 32.2. The maximum Gasteiger partial charge on any atom is 0.250 e. The molecule has 1 amide bonds. The van der Waals surface area contributed by atoms with Crippen molar-refractivity contribution in [2.45, 2.75) is 45.2 Å². The zero-order valence-electron chi connectivity index (χ0n) is 21.3. The minimum Gasteiger partial charge on any atom is -0.272 e. The van der Waals surface area contributed by atoms with Crippen molar-refractivity contribution in [1.82, 2.24) is 20.2 Å². The molecule has 0 bridgehead atoms. The van der Waals surface area contributed by atoms with E-state index in [1.54, 1.807) is 6.21 Å². The summed E-state index contributed by atoms with van der Waals surface area (Å²) in [6.45, 7) is 10.6. The highest BCUT2D eigenvalue weighted by molar-refractivity contribution is 7.99. The predicted octanol–water partition coefficient (Wildman–Crippen LogP) is 6.09. The molecular formula is C29H31N5OS. The van der Waals surface area contributed by atoms with Crippen molar-refractivity contribution in [3.8, 4) is 17.1 Å². The van der Waals surface area contributed by atoms with Crippen LogP contribution in [0.15, 0.2) is 83.1 Å². The Bertz CT molecular complexity index is 1350. The van der Waals surface area contributed by atoms with Crippen LogP contribution in [-0.2, 0) is 10.2 Å². The van der Waals surface area contributed by atoms with Gasteiger partial charge in [-0.1, -0.05) is 104 Å². The number of aromatic nitrogens is 3. The number of thioether (sulfide) groups is 1. The van der Waals surface area contributed by atoms with E-state index in [2.05, 4.69) is 91.7 Å². The normalized spacial score (nSPS) is 11.7. The van der Waals surface area contributed by atoms with Crippen molar-refractivity contribution < 1.29 is 4.79 Å². The molecule has 7 heteroatoms. The van der Waals surface area contributed by atoms with Crippen LogP contribution in [0.5, 0.6) is 0 Å². The number of hydrogen-bond donors (Lipinski definition) is 1. The Hall–Kier alpha value is -3.71. The first-order chi connectivity index (χ1) is 17.2. The molecule has 1 aromatic heterocycles. The van der Waals surface area contributed by atoms with Gasteiger partial charge in [0.2, 0.25) is 0 Å². The molecule has 36 heavy (non-hydrogen) atoms. The molecule has 0 saturated carbocycles. The summed E-state index contributed by atoms with van der Waals surface area (Å²) in [5.41, 5.74) is 9.15. The molecule has 0 saturated heterocycles. The van der Waals surface area contributed by atoms with Crippen molar-refractivity contribution in [1.29, 1.82) is 0 Å². The van der Waals surface area contributed by atoms with E-state index in [1.165, 1.54) is 28.5 Å². The summed E-state index contributed by atoms with van der Waals surface area (Å²) < 4.78 is 1.99. The van der Waals surface area contributed by atoms with E-state index in [4.69, 9.17) is 0 Å². The molecule has 0 atom stereocenters. The van der Waals surface area contributed by atoms with Crippen LogP contribution < -0.4 is 5.43 Å². The van der Waals surface area contributed by atoms with Gasteiger partial charge in [-0.15, -0.1) is 10.2 Å². The second-order valence-corrected chi connectivity index (χ2v) is 10.7. The zero-order valence-corrected chi connectivity index (χ0v) is 22.1.